The molecule has 0 bridgehead atoms. The van der Waals surface area contributed by atoms with Crippen molar-refractivity contribution in [1.82, 2.24) is 0 Å². The molecular formula is C42H78NNaO10P. The molecule has 4 N–H and O–H groups in total. The summed E-state index contributed by atoms with van der Waals surface area (Å²) in [5.74, 6) is -2.39. The number of hydrogen-bond acceptors (Lipinski definition) is 9. The van der Waals surface area contributed by atoms with Crippen molar-refractivity contribution in [2.75, 3.05) is 19.8 Å². The van der Waals surface area contributed by atoms with E-state index in [0.717, 1.165) is 77.0 Å². The molecular weight excluding hydrogens is 732 g/mol. The molecule has 0 heterocycles. The molecule has 0 fully saturated rings. The van der Waals surface area contributed by atoms with Gasteiger partial charge in [0.25, 0.3) is 0 Å². The summed E-state index contributed by atoms with van der Waals surface area (Å²) in [4.78, 5) is 45.9. The number of esters is 2. The number of rotatable bonds is 40. The molecule has 317 valence electrons. The average Bonchev–Trinajstić information content (AvgIpc) is 3.14. The summed E-state index contributed by atoms with van der Waals surface area (Å²) in [5, 5.41) is 8.88. The fourth-order valence-electron chi connectivity index (χ4n) is 5.76. The second-order valence-corrected chi connectivity index (χ2v) is 15.9. The van der Waals surface area contributed by atoms with E-state index in [4.69, 9.17) is 24.8 Å². The van der Waals surface area contributed by atoms with Gasteiger partial charge in [0.15, 0.2) is 6.10 Å². The SMILES string of the molecule is CCCCCCCC/C=C\CCCCCCCC(=O)OC[C@H](COP(=O)(O)OC[C@H](N)C(=O)O)OC(=O)CCCCCCC/C=C\CCCCCCCC.[Na]. The maximum absolute atomic E-state index is 12.6. The van der Waals surface area contributed by atoms with Crippen LogP contribution >= 0.6 is 7.82 Å². The van der Waals surface area contributed by atoms with Crippen LogP contribution in [0.3, 0.4) is 0 Å². The van der Waals surface area contributed by atoms with Crippen molar-refractivity contribution in [2.45, 2.75) is 206 Å². The van der Waals surface area contributed by atoms with E-state index in [1.165, 1.54) is 77.0 Å². The molecule has 0 aromatic rings. The fraction of sp³-hybridized carbons (Fsp3) is 0.833. The Morgan fingerprint density at radius 3 is 1.35 bits per heavy atom. The number of carbonyl (C=O) groups excluding carboxylic acids is 2. The largest absolute Gasteiger partial charge is 0.480 e. The summed E-state index contributed by atoms with van der Waals surface area (Å²) in [6, 6.07) is -1.52. The quantitative estimate of drug-likeness (QED) is 0.0177. The predicted molar refractivity (Wildman–Crippen MR) is 223 cm³/mol. The van der Waals surface area contributed by atoms with Crippen LogP contribution in [-0.2, 0) is 37.5 Å². The summed E-state index contributed by atoms with van der Waals surface area (Å²) >= 11 is 0. The monoisotopic (exact) mass is 811 g/mol. The van der Waals surface area contributed by atoms with Crippen LogP contribution in [0.4, 0.5) is 0 Å². The van der Waals surface area contributed by atoms with Crippen molar-refractivity contribution >= 4 is 55.3 Å². The van der Waals surface area contributed by atoms with Crippen LogP contribution in [0.1, 0.15) is 194 Å². The molecule has 0 spiro atoms. The van der Waals surface area contributed by atoms with Gasteiger partial charge in [0.05, 0.1) is 13.2 Å². The molecule has 0 amide bonds. The van der Waals surface area contributed by atoms with Crippen LogP contribution in [0, 0.1) is 0 Å². The van der Waals surface area contributed by atoms with Crippen molar-refractivity contribution in [1.29, 1.82) is 0 Å². The third-order valence-corrected chi connectivity index (χ3v) is 10.1. The van der Waals surface area contributed by atoms with Gasteiger partial charge in [-0.3, -0.25) is 23.4 Å². The third-order valence-electron chi connectivity index (χ3n) is 9.17. The van der Waals surface area contributed by atoms with E-state index in [1.54, 1.807) is 0 Å². The zero-order chi connectivity index (χ0) is 40.0. The summed E-state index contributed by atoms with van der Waals surface area (Å²) in [6.07, 6.45) is 38.1. The standard InChI is InChI=1S/C42H78NO10P.Na/c1-3-5-7-9-11-13-15-17-19-21-23-25-27-29-31-33-40(44)50-35-38(36-51-54(48,49)52-37-39(43)42(46)47)53-41(45)34-32-30-28-26-24-22-20-18-16-14-12-10-8-6-4-2;/h17-20,38-39H,3-16,21-37,43H2,1-2H3,(H,46,47)(H,48,49);/b19-17-,20-18-;/t38-,39+;/m1./s1. The number of phosphoric ester groups is 1. The van der Waals surface area contributed by atoms with Crippen LogP contribution in [0.5, 0.6) is 0 Å². The Kier molecular flexibility index (Phi) is 41.9. The third kappa shape index (κ3) is 40.9. The van der Waals surface area contributed by atoms with Crippen LogP contribution in [0.2, 0.25) is 0 Å². The van der Waals surface area contributed by atoms with E-state index in [-0.39, 0.29) is 49.0 Å². The van der Waals surface area contributed by atoms with Gasteiger partial charge in [0.1, 0.15) is 12.6 Å². The maximum atomic E-state index is 12.6. The van der Waals surface area contributed by atoms with Gasteiger partial charge in [-0.05, 0) is 64.2 Å². The number of unbranched alkanes of at least 4 members (excludes halogenated alkanes) is 22. The summed E-state index contributed by atoms with van der Waals surface area (Å²) < 4.78 is 32.6. The number of carboxylic acids is 1. The smallest absolute Gasteiger partial charge is 0.472 e. The summed E-state index contributed by atoms with van der Waals surface area (Å²) in [6.45, 7) is 2.78. The molecule has 0 aliphatic rings. The first-order chi connectivity index (χ1) is 26.1. The number of hydrogen-bond donors (Lipinski definition) is 3. The van der Waals surface area contributed by atoms with Crippen molar-refractivity contribution < 1.29 is 47.5 Å². The van der Waals surface area contributed by atoms with Crippen molar-refractivity contribution in [2.24, 2.45) is 5.73 Å². The second kappa shape index (κ2) is 41.1. The molecule has 0 rings (SSSR count). The van der Waals surface area contributed by atoms with Crippen molar-refractivity contribution in [3.63, 3.8) is 0 Å². The molecule has 11 nitrogen and oxygen atoms in total. The van der Waals surface area contributed by atoms with Gasteiger partial charge in [-0.2, -0.15) is 0 Å². The van der Waals surface area contributed by atoms with E-state index in [2.05, 4.69) is 42.7 Å². The summed E-state index contributed by atoms with van der Waals surface area (Å²) in [5.41, 5.74) is 5.33. The Morgan fingerprint density at radius 2 is 0.927 bits per heavy atom. The van der Waals surface area contributed by atoms with Gasteiger partial charge in [-0.25, -0.2) is 4.57 Å². The number of nitrogens with two attached hydrogens (primary N) is 1. The Hall–Kier alpha value is -1.04. The van der Waals surface area contributed by atoms with Crippen molar-refractivity contribution in [3.8, 4) is 0 Å². The van der Waals surface area contributed by atoms with E-state index in [1.807, 2.05) is 0 Å². The molecule has 1 unspecified atom stereocenters. The predicted octanol–water partition coefficient (Wildman–Crippen LogP) is 10.7. The first-order valence-electron chi connectivity index (χ1n) is 21.4. The van der Waals surface area contributed by atoms with Gasteiger partial charge in [-0.1, -0.05) is 141 Å². The average molecular weight is 811 g/mol. The molecule has 0 aromatic heterocycles. The van der Waals surface area contributed by atoms with Crippen LogP contribution in [0.25, 0.3) is 0 Å². The van der Waals surface area contributed by atoms with Gasteiger partial charge < -0.3 is 25.2 Å². The minimum atomic E-state index is -4.71. The van der Waals surface area contributed by atoms with Gasteiger partial charge >= 0.3 is 25.7 Å². The van der Waals surface area contributed by atoms with Crippen molar-refractivity contribution in [3.05, 3.63) is 24.3 Å². The van der Waals surface area contributed by atoms with E-state index in [9.17, 15) is 23.8 Å². The van der Waals surface area contributed by atoms with Crippen LogP contribution < -0.4 is 5.73 Å². The molecule has 0 saturated heterocycles. The second-order valence-electron chi connectivity index (χ2n) is 14.5. The van der Waals surface area contributed by atoms with Crippen LogP contribution in [0.15, 0.2) is 24.3 Å². The van der Waals surface area contributed by atoms with Crippen LogP contribution in [-0.4, -0.2) is 89.4 Å². The zero-order valence-corrected chi connectivity index (χ0v) is 38.0. The number of ether oxygens (including phenoxy) is 2. The van der Waals surface area contributed by atoms with Gasteiger partial charge in [0.2, 0.25) is 0 Å². The Morgan fingerprint density at radius 1 is 0.564 bits per heavy atom. The Labute approximate surface area is 356 Å². The first kappa shape index (κ1) is 56.1. The number of aliphatic carboxylic acids is 1. The normalized spacial score (nSPS) is 13.7. The Bertz CT molecular complexity index is 1030. The number of carbonyl (C=O) groups is 3. The minimum absolute atomic E-state index is 0. The Balaban J connectivity index is 0. The van der Waals surface area contributed by atoms with E-state index < -0.39 is 51.1 Å². The zero-order valence-electron chi connectivity index (χ0n) is 35.1. The van der Waals surface area contributed by atoms with Gasteiger partial charge in [-0.15, -0.1) is 0 Å². The topological polar surface area (TPSA) is 172 Å². The number of allylic oxidation sites excluding steroid dienone is 4. The minimum Gasteiger partial charge on any atom is -0.480 e. The van der Waals surface area contributed by atoms with E-state index in [0.29, 0.717) is 12.8 Å². The molecule has 0 aromatic carbocycles. The first-order valence-corrected chi connectivity index (χ1v) is 22.9. The number of phosphoric acid groups is 1. The molecule has 55 heavy (non-hydrogen) atoms. The summed E-state index contributed by atoms with van der Waals surface area (Å²) in [7, 11) is -4.71. The van der Waals surface area contributed by atoms with Gasteiger partial charge in [0, 0.05) is 42.4 Å². The molecule has 0 aliphatic carbocycles. The van der Waals surface area contributed by atoms with E-state index >= 15 is 0 Å². The molecule has 1 radical (unpaired) electrons. The maximum Gasteiger partial charge on any atom is 0.472 e. The number of carboxylic acid groups (broad SMARTS) is 1. The molecule has 0 aliphatic heterocycles. The molecule has 3 atom stereocenters. The molecule has 0 saturated carbocycles. The fourth-order valence-corrected chi connectivity index (χ4v) is 6.54. The molecule has 13 heteroatoms.